The number of carbonyl (C=O) groups is 1. The molecule has 1 aromatic carbocycles. The Morgan fingerprint density at radius 2 is 1.81 bits per heavy atom. The highest BCUT2D eigenvalue weighted by molar-refractivity contribution is 5.85. The van der Waals surface area contributed by atoms with Crippen molar-refractivity contribution in [3.63, 3.8) is 0 Å². The van der Waals surface area contributed by atoms with Gasteiger partial charge in [-0.3, -0.25) is 9.78 Å². The third-order valence-corrected chi connectivity index (χ3v) is 5.30. The molecule has 1 aromatic heterocycles. The molecule has 1 N–H and O–H groups in total. The fourth-order valence-electron chi connectivity index (χ4n) is 3.67. The SMILES string of the molecule is CN(C(=O)CCc1ccccc1)C1CCC(c2ccc(O)cn2)CC1.Cl. The van der Waals surface area contributed by atoms with Crippen molar-refractivity contribution in [2.24, 2.45) is 0 Å². The van der Waals surface area contributed by atoms with E-state index in [9.17, 15) is 9.90 Å². The van der Waals surface area contributed by atoms with Gasteiger partial charge in [0.25, 0.3) is 0 Å². The molecule has 0 unspecified atom stereocenters. The third kappa shape index (κ3) is 5.21. The van der Waals surface area contributed by atoms with Gasteiger partial charge in [-0.25, -0.2) is 0 Å². The summed E-state index contributed by atoms with van der Waals surface area (Å²) < 4.78 is 0. The van der Waals surface area contributed by atoms with Gasteiger partial charge >= 0.3 is 0 Å². The molecule has 3 rings (SSSR count). The molecule has 26 heavy (non-hydrogen) atoms. The van der Waals surface area contributed by atoms with Gasteiger partial charge in [-0.15, -0.1) is 12.4 Å². The van der Waals surface area contributed by atoms with E-state index in [0.717, 1.165) is 37.8 Å². The molecule has 0 atom stereocenters. The molecule has 5 heteroatoms. The summed E-state index contributed by atoms with van der Waals surface area (Å²) in [5, 5.41) is 9.36. The van der Waals surface area contributed by atoms with Crippen molar-refractivity contribution < 1.29 is 9.90 Å². The van der Waals surface area contributed by atoms with Gasteiger partial charge in [-0.2, -0.15) is 0 Å². The third-order valence-electron chi connectivity index (χ3n) is 5.30. The summed E-state index contributed by atoms with van der Waals surface area (Å²) in [5.41, 5.74) is 2.26. The van der Waals surface area contributed by atoms with Crippen LogP contribution in [0.3, 0.4) is 0 Å². The van der Waals surface area contributed by atoms with E-state index in [1.807, 2.05) is 36.2 Å². The van der Waals surface area contributed by atoms with E-state index in [0.29, 0.717) is 18.4 Å². The fraction of sp³-hybridized carbons (Fsp3) is 0.429. The van der Waals surface area contributed by atoms with Crippen LogP contribution in [0.1, 0.15) is 49.3 Å². The van der Waals surface area contributed by atoms with Gasteiger partial charge < -0.3 is 10.0 Å². The number of aromatic nitrogens is 1. The van der Waals surface area contributed by atoms with Crippen LogP contribution in [0.25, 0.3) is 0 Å². The van der Waals surface area contributed by atoms with Gasteiger partial charge in [0, 0.05) is 31.1 Å². The van der Waals surface area contributed by atoms with Crippen LogP contribution in [0.5, 0.6) is 5.75 Å². The second-order valence-corrected chi connectivity index (χ2v) is 6.94. The van der Waals surface area contributed by atoms with Crippen LogP contribution in [0.4, 0.5) is 0 Å². The second-order valence-electron chi connectivity index (χ2n) is 6.94. The standard InChI is InChI=1S/C21H26N2O2.ClH/c1-23(21(25)14-7-16-5-3-2-4-6-16)18-10-8-17(9-11-18)20-13-12-19(24)15-22-20;/h2-6,12-13,15,17-18,24H,7-11,14H2,1H3;1H. The Morgan fingerprint density at radius 3 is 2.42 bits per heavy atom. The average Bonchev–Trinajstić information content (AvgIpc) is 2.67. The predicted molar refractivity (Wildman–Crippen MR) is 106 cm³/mol. The molecule has 0 spiro atoms. The zero-order valence-electron chi connectivity index (χ0n) is 15.2. The average molecular weight is 375 g/mol. The minimum atomic E-state index is 0. The van der Waals surface area contributed by atoms with Crippen molar-refractivity contribution >= 4 is 18.3 Å². The Labute approximate surface area is 161 Å². The number of hydrogen-bond acceptors (Lipinski definition) is 3. The molecular weight excluding hydrogens is 348 g/mol. The predicted octanol–water partition coefficient (Wildman–Crippen LogP) is 4.33. The summed E-state index contributed by atoms with van der Waals surface area (Å²) in [6.45, 7) is 0. The van der Waals surface area contributed by atoms with E-state index < -0.39 is 0 Å². The molecular formula is C21H27ClN2O2. The first kappa shape index (κ1) is 20.2. The number of aromatic hydroxyl groups is 1. The zero-order valence-corrected chi connectivity index (χ0v) is 16.0. The number of amides is 1. The van der Waals surface area contributed by atoms with E-state index in [1.54, 1.807) is 6.07 Å². The molecule has 0 bridgehead atoms. The van der Waals surface area contributed by atoms with Crippen molar-refractivity contribution in [3.05, 3.63) is 59.9 Å². The molecule has 1 aliphatic carbocycles. The van der Waals surface area contributed by atoms with Crippen LogP contribution in [0.2, 0.25) is 0 Å². The molecule has 1 fully saturated rings. The maximum absolute atomic E-state index is 12.5. The smallest absolute Gasteiger partial charge is 0.222 e. The van der Waals surface area contributed by atoms with Gasteiger partial charge in [-0.05, 0) is 49.8 Å². The van der Waals surface area contributed by atoms with Gasteiger partial charge in [-0.1, -0.05) is 30.3 Å². The van der Waals surface area contributed by atoms with Crippen molar-refractivity contribution in [2.75, 3.05) is 7.05 Å². The second kappa shape index (κ2) is 9.58. The van der Waals surface area contributed by atoms with Crippen LogP contribution in [-0.4, -0.2) is 34.0 Å². The number of aryl methyl sites for hydroxylation is 1. The first-order valence-electron chi connectivity index (χ1n) is 9.08. The van der Waals surface area contributed by atoms with Gasteiger partial charge in [0.05, 0.1) is 6.20 Å². The van der Waals surface area contributed by atoms with E-state index in [4.69, 9.17) is 0 Å². The minimum Gasteiger partial charge on any atom is -0.506 e. The quantitative estimate of drug-likeness (QED) is 0.847. The first-order chi connectivity index (χ1) is 12.1. The molecule has 4 nitrogen and oxygen atoms in total. The monoisotopic (exact) mass is 374 g/mol. The molecule has 0 saturated heterocycles. The Balaban J connectivity index is 0.00000243. The lowest BCUT2D eigenvalue weighted by molar-refractivity contribution is -0.132. The summed E-state index contributed by atoms with van der Waals surface area (Å²) in [7, 11) is 1.94. The summed E-state index contributed by atoms with van der Waals surface area (Å²) in [6, 6.07) is 14.1. The molecule has 1 heterocycles. The number of rotatable bonds is 5. The van der Waals surface area contributed by atoms with Crippen molar-refractivity contribution in [1.29, 1.82) is 0 Å². The van der Waals surface area contributed by atoms with Crippen LogP contribution in [0, 0.1) is 0 Å². The summed E-state index contributed by atoms with van der Waals surface area (Å²) in [4.78, 5) is 18.8. The number of hydrogen-bond donors (Lipinski definition) is 1. The van der Waals surface area contributed by atoms with Crippen molar-refractivity contribution in [3.8, 4) is 5.75 Å². The van der Waals surface area contributed by atoms with Crippen LogP contribution in [-0.2, 0) is 11.2 Å². The number of benzene rings is 1. The van der Waals surface area contributed by atoms with Crippen molar-refractivity contribution in [2.45, 2.75) is 50.5 Å². The number of halogens is 1. The normalized spacial score (nSPS) is 19.4. The molecule has 2 aromatic rings. The maximum atomic E-state index is 12.5. The number of carbonyl (C=O) groups excluding carboxylic acids is 1. The molecule has 1 amide bonds. The lowest BCUT2D eigenvalue weighted by Crippen LogP contribution is -2.39. The summed E-state index contributed by atoms with van der Waals surface area (Å²) in [5.74, 6) is 0.876. The minimum absolute atomic E-state index is 0. The lowest BCUT2D eigenvalue weighted by atomic mass is 9.83. The van der Waals surface area contributed by atoms with Gasteiger partial charge in [0.15, 0.2) is 0 Å². The highest BCUT2D eigenvalue weighted by Crippen LogP contribution is 2.34. The van der Waals surface area contributed by atoms with E-state index in [1.165, 1.54) is 11.8 Å². The maximum Gasteiger partial charge on any atom is 0.222 e. The molecule has 140 valence electrons. The summed E-state index contributed by atoms with van der Waals surface area (Å²) >= 11 is 0. The molecule has 1 saturated carbocycles. The Bertz CT molecular complexity index is 683. The van der Waals surface area contributed by atoms with Crippen LogP contribution >= 0.6 is 12.4 Å². The summed E-state index contributed by atoms with van der Waals surface area (Å²) in [6.07, 6.45) is 7.00. The van der Waals surface area contributed by atoms with Crippen LogP contribution < -0.4 is 0 Å². The fourth-order valence-corrected chi connectivity index (χ4v) is 3.67. The zero-order chi connectivity index (χ0) is 17.6. The Morgan fingerprint density at radius 1 is 1.12 bits per heavy atom. The van der Waals surface area contributed by atoms with Crippen molar-refractivity contribution in [1.82, 2.24) is 9.88 Å². The van der Waals surface area contributed by atoms with Crippen LogP contribution in [0.15, 0.2) is 48.7 Å². The Kier molecular flexibility index (Phi) is 7.46. The number of nitrogens with zero attached hydrogens (tertiary/aromatic N) is 2. The number of pyridine rings is 1. The lowest BCUT2D eigenvalue weighted by Gasteiger charge is -2.34. The Hall–Kier alpha value is -2.07. The molecule has 0 aliphatic heterocycles. The largest absolute Gasteiger partial charge is 0.506 e. The van der Waals surface area contributed by atoms with E-state index in [2.05, 4.69) is 17.1 Å². The highest BCUT2D eigenvalue weighted by Gasteiger charge is 2.27. The molecule has 1 aliphatic rings. The van der Waals surface area contributed by atoms with Gasteiger partial charge in [0.2, 0.25) is 5.91 Å². The highest BCUT2D eigenvalue weighted by atomic mass is 35.5. The van der Waals surface area contributed by atoms with E-state index in [-0.39, 0.29) is 24.1 Å². The van der Waals surface area contributed by atoms with E-state index >= 15 is 0 Å². The first-order valence-corrected chi connectivity index (χ1v) is 9.08. The topological polar surface area (TPSA) is 53.4 Å². The molecule has 0 radical (unpaired) electrons. The van der Waals surface area contributed by atoms with Gasteiger partial charge in [0.1, 0.15) is 5.75 Å².